The summed E-state index contributed by atoms with van der Waals surface area (Å²) in [5.74, 6) is -0.769. The number of carbonyl (C=O) groups excluding carboxylic acids is 2. The van der Waals surface area contributed by atoms with Gasteiger partial charge >= 0.3 is 5.97 Å². The molecular formula is C21H25N5O3. The molecule has 3 aromatic rings. The Kier molecular flexibility index (Phi) is 5.63. The molecule has 0 aliphatic heterocycles. The molecule has 3 rings (SSSR count). The molecule has 0 spiro atoms. The van der Waals surface area contributed by atoms with Crippen molar-refractivity contribution in [2.75, 3.05) is 5.32 Å². The maximum Gasteiger partial charge on any atom is 0.379 e. The normalized spacial score (nSPS) is 12.2. The van der Waals surface area contributed by atoms with Gasteiger partial charge in [-0.3, -0.25) is 4.79 Å². The summed E-state index contributed by atoms with van der Waals surface area (Å²) < 4.78 is 6.76. The second kappa shape index (κ2) is 7.98. The standard InChI is InChI=1S/C21H25N5O3/c1-11(2)16-9-7-8-12(3)17(16)23-19(27)15(6)29-20(28)18-24-21-22-13(4)10-14(5)26(21)25-18/h7-11,15H,1-6H3,(H,23,27)/t15-/m0/s1. The average molecular weight is 395 g/mol. The number of nitrogens with one attached hydrogen (secondary N) is 1. The minimum atomic E-state index is -1.01. The van der Waals surface area contributed by atoms with E-state index in [9.17, 15) is 9.59 Å². The molecule has 1 atom stereocenters. The van der Waals surface area contributed by atoms with Gasteiger partial charge in [0, 0.05) is 17.1 Å². The quantitative estimate of drug-likeness (QED) is 0.665. The Morgan fingerprint density at radius 3 is 2.52 bits per heavy atom. The van der Waals surface area contributed by atoms with E-state index < -0.39 is 18.0 Å². The monoisotopic (exact) mass is 395 g/mol. The van der Waals surface area contributed by atoms with Crippen molar-refractivity contribution in [1.82, 2.24) is 19.6 Å². The molecule has 2 heterocycles. The molecule has 0 radical (unpaired) electrons. The van der Waals surface area contributed by atoms with E-state index in [0.29, 0.717) is 5.78 Å². The third-order valence-electron chi connectivity index (χ3n) is 4.63. The summed E-state index contributed by atoms with van der Waals surface area (Å²) in [5.41, 5.74) is 4.29. The van der Waals surface area contributed by atoms with Crippen LogP contribution in [0.25, 0.3) is 5.78 Å². The fourth-order valence-electron chi connectivity index (χ4n) is 3.09. The number of aryl methyl sites for hydroxylation is 3. The lowest BCUT2D eigenvalue weighted by atomic mass is 9.98. The Morgan fingerprint density at radius 1 is 1.10 bits per heavy atom. The molecule has 2 aromatic heterocycles. The molecule has 1 amide bonds. The van der Waals surface area contributed by atoms with Gasteiger partial charge in [-0.1, -0.05) is 32.0 Å². The van der Waals surface area contributed by atoms with Crippen LogP contribution in [-0.4, -0.2) is 37.6 Å². The molecule has 0 saturated carbocycles. The summed E-state index contributed by atoms with van der Waals surface area (Å²) in [4.78, 5) is 33.4. The zero-order valence-electron chi connectivity index (χ0n) is 17.5. The summed E-state index contributed by atoms with van der Waals surface area (Å²) in [7, 11) is 0. The molecule has 152 valence electrons. The first-order chi connectivity index (χ1) is 13.7. The first kappa shape index (κ1) is 20.4. The smallest absolute Gasteiger partial charge is 0.379 e. The van der Waals surface area contributed by atoms with Gasteiger partial charge in [-0.2, -0.15) is 4.98 Å². The molecule has 0 unspecified atom stereocenters. The van der Waals surface area contributed by atoms with Crippen LogP contribution in [0, 0.1) is 20.8 Å². The van der Waals surface area contributed by atoms with Gasteiger partial charge in [0.2, 0.25) is 0 Å². The van der Waals surface area contributed by atoms with Crippen molar-refractivity contribution in [2.45, 2.75) is 53.6 Å². The number of hydrogen-bond donors (Lipinski definition) is 1. The predicted octanol–water partition coefficient (Wildman–Crippen LogP) is 3.36. The lowest BCUT2D eigenvalue weighted by Gasteiger charge is -2.18. The van der Waals surface area contributed by atoms with Crippen LogP contribution in [-0.2, 0) is 9.53 Å². The molecule has 0 bridgehead atoms. The first-order valence-electron chi connectivity index (χ1n) is 9.49. The number of nitrogens with zero attached hydrogens (tertiary/aromatic N) is 4. The largest absolute Gasteiger partial charge is 0.447 e. The van der Waals surface area contributed by atoms with Crippen molar-refractivity contribution in [1.29, 1.82) is 0 Å². The molecule has 1 N–H and O–H groups in total. The van der Waals surface area contributed by atoms with E-state index in [0.717, 1.165) is 28.2 Å². The van der Waals surface area contributed by atoms with Gasteiger partial charge in [0.25, 0.3) is 17.5 Å². The van der Waals surface area contributed by atoms with Crippen LogP contribution in [0.15, 0.2) is 24.3 Å². The van der Waals surface area contributed by atoms with Crippen molar-refractivity contribution >= 4 is 23.3 Å². The van der Waals surface area contributed by atoms with Gasteiger partial charge in [0.1, 0.15) is 0 Å². The highest BCUT2D eigenvalue weighted by Gasteiger charge is 2.24. The lowest BCUT2D eigenvalue weighted by Crippen LogP contribution is -2.31. The van der Waals surface area contributed by atoms with E-state index in [4.69, 9.17) is 4.74 Å². The number of aromatic nitrogens is 4. The predicted molar refractivity (Wildman–Crippen MR) is 109 cm³/mol. The van der Waals surface area contributed by atoms with Crippen LogP contribution in [0.2, 0.25) is 0 Å². The SMILES string of the molecule is Cc1cc(C)n2nc(C(=O)O[C@@H](C)C(=O)Nc3c(C)cccc3C(C)C)nc2n1. The fourth-order valence-corrected chi connectivity index (χ4v) is 3.09. The van der Waals surface area contributed by atoms with Crippen molar-refractivity contribution in [3.05, 3.63) is 52.6 Å². The summed E-state index contributed by atoms with van der Waals surface area (Å²) in [5, 5.41) is 7.02. The number of carbonyl (C=O) groups is 2. The van der Waals surface area contributed by atoms with Crippen LogP contribution in [0.1, 0.15) is 59.8 Å². The highest BCUT2D eigenvalue weighted by atomic mass is 16.5. The summed E-state index contributed by atoms with van der Waals surface area (Å²) in [6, 6.07) is 7.69. The van der Waals surface area contributed by atoms with Gasteiger partial charge in [0.15, 0.2) is 6.10 Å². The van der Waals surface area contributed by atoms with Crippen molar-refractivity contribution < 1.29 is 14.3 Å². The third-order valence-corrected chi connectivity index (χ3v) is 4.63. The summed E-state index contributed by atoms with van der Waals surface area (Å²) >= 11 is 0. The van der Waals surface area contributed by atoms with E-state index in [2.05, 4.69) is 34.2 Å². The Hall–Kier alpha value is -3.29. The molecule has 8 nitrogen and oxygen atoms in total. The van der Waals surface area contributed by atoms with Crippen molar-refractivity contribution in [2.24, 2.45) is 0 Å². The molecule has 8 heteroatoms. The zero-order chi connectivity index (χ0) is 21.3. The van der Waals surface area contributed by atoms with Gasteiger partial charge in [0.05, 0.1) is 0 Å². The molecule has 0 saturated heterocycles. The minimum Gasteiger partial charge on any atom is -0.447 e. The van der Waals surface area contributed by atoms with E-state index in [1.54, 1.807) is 0 Å². The number of benzene rings is 1. The third kappa shape index (κ3) is 4.26. The molecule has 0 aliphatic rings. The number of para-hydroxylation sites is 1. The Balaban J connectivity index is 1.75. The summed E-state index contributed by atoms with van der Waals surface area (Å²) in [6.07, 6.45) is -1.01. The van der Waals surface area contributed by atoms with E-state index in [1.165, 1.54) is 11.4 Å². The number of rotatable bonds is 5. The van der Waals surface area contributed by atoms with Crippen LogP contribution < -0.4 is 5.32 Å². The topological polar surface area (TPSA) is 98.5 Å². The Bertz CT molecular complexity index is 1090. The van der Waals surface area contributed by atoms with Crippen molar-refractivity contribution in [3.63, 3.8) is 0 Å². The van der Waals surface area contributed by atoms with Crippen LogP contribution in [0.4, 0.5) is 5.69 Å². The molecule has 29 heavy (non-hydrogen) atoms. The number of esters is 1. The maximum absolute atomic E-state index is 12.6. The molecule has 0 fully saturated rings. The maximum atomic E-state index is 12.6. The van der Waals surface area contributed by atoms with Crippen LogP contribution in [0.5, 0.6) is 0 Å². The number of anilines is 1. The number of fused-ring (bicyclic) bond motifs is 1. The summed E-state index contributed by atoms with van der Waals surface area (Å²) in [6.45, 7) is 11.2. The van der Waals surface area contributed by atoms with Gasteiger partial charge in [-0.25, -0.2) is 14.3 Å². The van der Waals surface area contributed by atoms with Gasteiger partial charge in [-0.15, -0.1) is 5.10 Å². The number of ether oxygens (including phenoxy) is 1. The first-order valence-corrected chi connectivity index (χ1v) is 9.49. The van der Waals surface area contributed by atoms with Crippen LogP contribution >= 0.6 is 0 Å². The highest BCUT2D eigenvalue weighted by molar-refractivity contribution is 5.97. The van der Waals surface area contributed by atoms with Gasteiger partial charge < -0.3 is 10.1 Å². The lowest BCUT2D eigenvalue weighted by molar-refractivity contribution is -0.123. The molecule has 1 aromatic carbocycles. The molecule has 0 aliphatic carbocycles. The van der Waals surface area contributed by atoms with E-state index in [1.807, 2.05) is 45.0 Å². The molecular weight excluding hydrogens is 370 g/mol. The van der Waals surface area contributed by atoms with E-state index >= 15 is 0 Å². The fraction of sp³-hybridized carbons (Fsp3) is 0.381. The second-order valence-corrected chi connectivity index (χ2v) is 7.42. The second-order valence-electron chi connectivity index (χ2n) is 7.42. The number of amides is 1. The van der Waals surface area contributed by atoms with E-state index in [-0.39, 0.29) is 11.7 Å². The zero-order valence-corrected chi connectivity index (χ0v) is 17.5. The Morgan fingerprint density at radius 2 is 1.83 bits per heavy atom. The number of hydrogen-bond acceptors (Lipinski definition) is 6. The Labute approximate surface area is 169 Å². The average Bonchev–Trinajstić information content (AvgIpc) is 3.07. The minimum absolute atomic E-state index is 0.135. The van der Waals surface area contributed by atoms with Crippen molar-refractivity contribution in [3.8, 4) is 0 Å². The highest BCUT2D eigenvalue weighted by Crippen LogP contribution is 2.27. The van der Waals surface area contributed by atoms with Gasteiger partial charge in [-0.05, 0) is 50.8 Å². The van der Waals surface area contributed by atoms with Crippen LogP contribution in [0.3, 0.4) is 0 Å².